The number of rotatable bonds is 6. The quantitative estimate of drug-likeness (QED) is 0.233. The Kier molecular flexibility index (Phi) is 6.83. The van der Waals surface area contributed by atoms with E-state index in [0.717, 1.165) is 5.56 Å². The monoisotopic (exact) mass is 375 g/mol. The van der Waals surface area contributed by atoms with E-state index >= 15 is 0 Å². The van der Waals surface area contributed by atoms with Crippen LogP contribution in [0.5, 0.6) is 0 Å². The zero-order valence-electron chi connectivity index (χ0n) is 15.2. The van der Waals surface area contributed by atoms with E-state index in [4.69, 9.17) is 34.4 Å². The number of guanidine groups is 3. The zero-order valence-corrected chi connectivity index (χ0v) is 15.2. The molecule has 0 aromatic heterocycles. The molecule has 4 atom stereocenters. The first-order chi connectivity index (χ1) is 12.8. The molecule has 1 aromatic carbocycles. The van der Waals surface area contributed by atoms with Crippen molar-refractivity contribution in [3.8, 4) is 0 Å². The number of nitrogens with two attached hydrogens (primary N) is 6. The average molecular weight is 375 g/mol. The highest BCUT2D eigenvalue weighted by molar-refractivity contribution is 5.79. The fourth-order valence-electron chi connectivity index (χ4n) is 3.62. The third-order valence-electron chi connectivity index (χ3n) is 4.82. The van der Waals surface area contributed by atoms with Gasteiger partial charge in [0.05, 0.1) is 11.8 Å². The highest BCUT2D eigenvalue weighted by Gasteiger charge is 2.37. The molecule has 27 heavy (non-hydrogen) atoms. The molecule has 0 saturated heterocycles. The molecular weight excluding hydrogens is 346 g/mol. The molecule has 1 fully saturated rings. The normalized spacial score (nSPS) is 24.6. The molecule has 0 radical (unpaired) electrons. The SMILES string of the molecule is NC(N)=NC[C@@H]1C[C@H](CN=C(N)N)[C@@H](c2ccccc2N=C(N)N)C[C@H]1O. The van der Waals surface area contributed by atoms with Crippen LogP contribution in [0.2, 0.25) is 0 Å². The van der Waals surface area contributed by atoms with Crippen molar-refractivity contribution in [2.75, 3.05) is 13.1 Å². The van der Waals surface area contributed by atoms with Gasteiger partial charge in [0.2, 0.25) is 0 Å². The minimum absolute atomic E-state index is 0.00296. The van der Waals surface area contributed by atoms with Gasteiger partial charge in [-0.2, -0.15) is 0 Å². The van der Waals surface area contributed by atoms with Crippen molar-refractivity contribution < 1.29 is 5.11 Å². The minimum atomic E-state index is -0.569. The molecular formula is C17H29N9O. The summed E-state index contributed by atoms with van der Waals surface area (Å²) in [5.74, 6) is -0.0211. The molecule has 1 aliphatic carbocycles. The summed E-state index contributed by atoms with van der Waals surface area (Å²) < 4.78 is 0. The van der Waals surface area contributed by atoms with Crippen LogP contribution in [0.25, 0.3) is 0 Å². The number of para-hydroxylation sites is 1. The molecule has 10 heteroatoms. The largest absolute Gasteiger partial charge is 0.393 e. The van der Waals surface area contributed by atoms with Crippen molar-refractivity contribution in [3.63, 3.8) is 0 Å². The first-order valence-electron chi connectivity index (χ1n) is 8.75. The molecule has 0 heterocycles. The van der Waals surface area contributed by atoms with Gasteiger partial charge in [-0.1, -0.05) is 18.2 Å². The van der Waals surface area contributed by atoms with E-state index in [1.54, 1.807) is 0 Å². The van der Waals surface area contributed by atoms with Gasteiger partial charge in [-0.05, 0) is 36.3 Å². The summed E-state index contributed by atoms with van der Waals surface area (Å²) in [7, 11) is 0. The Labute approximate surface area is 158 Å². The Morgan fingerprint density at radius 3 is 2.04 bits per heavy atom. The highest BCUT2D eigenvalue weighted by Crippen LogP contribution is 2.43. The summed E-state index contributed by atoms with van der Waals surface area (Å²) >= 11 is 0. The summed E-state index contributed by atoms with van der Waals surface area (Å²) in [5, 5.41) is 10.7. The first kappa shape index (κ1) is 20.3. The van der Waals surface area contributed by atoms with Crippen LogP contribution in [0.1, 0.15) is 24.3 Å². The van der Waals surface area contributed by atoms with E-state index in [1.165, 1.54) is 0 Å². The smallest absolute Gasteiger partial charge is 0.191 e. The Morgan fingerprint density at radius 2 is 1.44 bits per heavy atom. The molecule has 1 saturated carbocycles. The van der Waals surface area contributed by atoms with Gasteiger partial charge < -0.3 is 39.5 Å². The number of aliphatic imine (C=N–C) groups is 3. The highest BCUT2D eigenvalue weighted by atomic mass is 16.3. The second-order valence-corrected chi connectivity index (χ2v) is 6.79. The number of nitrogens with zero attached hydrogens (tertiary/aromatic N) is 3. The van der Waals surface area contributed by atoms with Crippen LogP contribution in [0.15, 0.2) is 39.2 Å². The Balaban J connectivity index is 2.35. The van der Waals surface area contributed by atoms with E-state index in [9.17, 15) is 5.11 Å². The molecule has 10 nitrogen and oxygen atoms in total. The van der Waals surface area contributed by atoms with E-state index < -0.39 is 6.10 Å². The lowest BCUT2D eigenvalue weighted by Gasteiger charge is -2.39. The summed E-state index contributed by atoms with van der Waals surface area (Å²) in [6.45, 7) is 0.776. The number of aliphatic hydroxyl groups is 1. The standard InChI is InChI=1S/C17H29N9O/c18-15(19)24-7-9-5-10(8-25-16(20)21)14(27)6-12(9)11-3-1-2-4-13(11)26-17(22)23/h1-4,9-10,12,14,27H,5-8H2,(H4,18,19,24)(H4,20,21,25)(H4,22,23,26)/t9-,10+,12+,14-/m1/s1. The van der Waals surface area contributed by atoms with Crippen molar-refractivity contribution in [2.24, 2.45) is 61.2 Å². The van der Waals surface area contributed by atoms with E-state index in [2.05, 4.69) is 15.0 Å². The van der Waals surface area contributed by atoms with Gasteiger partial charge in [-0.15, -0.1) is 0 Å². The van der Waals surface area contributed by atoms with Crippen LogP contribution in [-0.4, -0.2) is 42.2 Å². The van der Waals surface area contributed by atoms with Gasteiger partial charge in [-0.3, -0.25) is 9.98 Å². The maximum Gasteiger partial charge on any atom is 0.191 e. The summed E-state index contributed by atoms with van der Waals surface area (Å²) in [4.78, 5) is 12.5. The topological polar surface area (TPSA) is 213 Å². The van der Waals surface area contributed by atoms with E-state index in [0.29, 0.717) is 31.6 Å². The first-order valence-corrected chi connectivity index (χ1v) is 8.75. The second kappa shape index (κ2) is 9.08. The Bertz CT molecular complexity index is 719. The number of hydrogen-bond acceptors (Lipinski definition) is 4. The Morgan fingerprint density at radius 1 is 0.852 bits per heavy atom. The lowest BCUT2D eigenvalue weighted by Crippen LogP contribution is -2.38. The number of benzene rings is 1. The van der Waals surface area contributed by atoms with Crippen LogP contribution in [0.3, 0.4) is 0 Å². The van der Waals surface area contributed by atoms with Gasteiger partial charge in [-0.25, -0.2) is 4.99 Å². The lowest BCUT2D eigenvalue weighted by molar-refractivity contribution is 0.0420. The molecule has 2 rings (SSSR count). The molecule has 0 amide bonds. The number of hydrogen-bond donors (Lipinski definition) is 7. The maximum absolute atomic E-state index is 10.7. The molecule has 0 aliphatic heterocycles. The fraction of sp³-hybridized carbons (Fsp3) is 0.471. The fourth-order valence-corrected chi connectivity index (χ4v) is 3.62. The maximum atomic E-state index is 10.7. The molecule has 0 bridgehead atoms. The van der Waals surface area contributed by atoms with Gasteiger partial charge in [0.15, 0.2) is 17.9 Å². The predicted molar refractivity (Wildman–Crippen MR) is 108 cm³/mol. The predicted octanol–water partition coefficient (Wildman–Crippen LogP) is -1.39. The van der Waals surface area contributed by atoms with Crippen molar-refractivity contribution in [1.82, 2.24) is 0 Å². The van der Waals surface area contributed by atoms with Crippen molar-refractivity contribution in [2.45, 2.75) is 24.9 Å². The van der Waals surface area contributed by atoms with Crippen molar-refractivity contribution >= 4 is 23.6 Å². The summed E-state index contributed by atoms with van der Waals surface area (Å²) in [6, 6.07) is 7.57. The van der Waals surface area contributed by atoms with Gasteiger partial charge in [0, 0.05) is 19.0 Å². The second-order valence-electron chi connectivity index (χ2n) is 6.79. The van der Waals surface area contributed by atoms with Crippen molar-refractivity contribution in [1.29, 1.82) is 0 Å². The third-order valence-corrected chi connectivity index (χ3v) is 4.82. The zero-order chi connectivity index (χ0) is 20.0. The van der Waals surface area contributed by atoms with E-state index in [-0.39, 0.29) is 35.6 Å². The van der Waals surface area contributed by atoms with E-state index in [1.807, 2.05) is 24.3 Å². The van der Waals surface area contributed by atoms with Crippen LogP contribution in [-0.2, 0) is 0 Å². The van der Waals surface area contributed by atoms with Crippen LogP contribution in [0, 0.1) is 11.8 Å². The molecule has 1 aliphatic rings. The lowest BCUT2D eigenvalue weighted by atomic mass is 9.69. The van der Waals surface area contributed by atoms with Gasteiger partial charge in [0.25, 0.3) is 0 Å². The van der Waals surface area contributed by atoms with Crippen LogP contribution in [0.4, 0.5) is 5.69 Å². The minimum Gasteiger partial charge on any atom is -0.393 e. The molecule has 0 unspecified atom stereocenters. The molecule has 1 aromatic rings. The number of aliphatic hydroxyl groups excluding tert-OH is 1. The molecule has 0 spiro atoms. The molecule has 148 valence electrons. The summed E-state index contributed by atoms with van der Waals surface area (Å²) in [5.41, 5.74) is 34.6. The van der Waals surface area contributed by atoms with Gasteiger partial charge >= 0.3 is 0 Å². The summed E-state index contributed by atoms with van der Waals surface area (Å²) in [6.07, 6.45) is 0.600. The third kappa shape index (κ3) is 5.74. The van der Waals surface area contributed by atoms with Crippen LogP contribution < -0.4 is 34.4 Å². The molecule has 13 N–H and O–H groups in total. The average Bonchev–Trinajstić information content (AvgIpc) is 2.59. The Hall–Kier alpha value is -3.01. The van der Waals surface area contributed by atoms with Crippen molar-refractivity contribution in [3.05, 3.63) is 29.8 Å². The van der Waals surface area contributed by atoms with Gasteiger partial charge in [0.1, 0.15) is 0 Å². The van der Waals surface area contributed by atoms with Crippen LogP contribution >= 0.6 is 0 Å².